The Balaban J connectivity index is 1.82. The third-order valence-corrected chi connectivity index (χ3v) is 3.67. The van der Waals surface area contributed by atoms with Crippen LogP contribution in [0.4, 0.5) is 14.6 Å². The molecule has 1 N–H and O–H groups in total. The second-order valence-corrected chi connectivity index (χ2v) is 5.64. The smallest absolute Gasteiger partial charge is 0.387 e. The lowest BCUT2D eigenvalue weighted by atomic mass is 10.2. The van der Waals surface area contributed by atoms with Crippen molar-refractivity contribution in [3.05, 3.63) is 77.5 Å². The Kier molecular flexibility index (Phi) is 5.26. The monoisotopic (exact) mass is 357 g/mol. The number of rotatable bonds is 6. The average molecular weight is 357 g/mol. The fourth-order valence-corrected chi connectivity index (χ4v) is 2.56. The van der Waals surface area contributed by atoms with Crippen LogP contribution in [0.5, 0.6) is 5.75 Å². The molecule has 0 bridgehead atoms. The molecule has 0 fully saturated rings. The van der Waals surface area contributed by atoms with Crippen molar-refractivity contribution in [3.63, 3.8) is 0 Å². The summed E-state index contributed by atoms with van der Waals surface area (Å²) >= 11 is 0. The Hall–Kier alpha value is -3.22. The van der Waals surface area contributed by atoms with Crippen LogP contribution in [-0.2, 0) is 6.54 Å². The van der Waals surface area contributed by atoms with E-state index in [-0.39, 0.29) is 11.3 Å². The van der Waals surface area contributed by atoms with Crippen molar-refractivity contribution in [2.24, 2.45) is 0 Å². The summed E-state index contributed by atoms with van der Waals surface area (Å²) in [5.74, 6) is -0.246. The first kappa shape index (κ1) is 17.6. The van der Waals surface area contributed by atoms with Gasteiger partial charge in [-0.05, 0) is 24.6 Å². The van der Waals surface area contributed by atoms with E-state index in [1.165, 1.54) is 18.2 Å². The molecule has 0 spiro atoms. The number of aromatic nitrogens is 2. The van der Waals surface area contributed by atoms with Crippen LogP contribution in [0.1, 0.15) is 21.6 Å². The number of hydrogen-bond acceptors (Lipinski definition) is 3. The molecule has 2 aromatic carbocycles. The molecular formula is C19H17F2N3O2. The van der Waals surface area contributed by atoms with Crippen molar-refractivity contribution in [3.8, 4) is 5.75 Å². The maximum Gasteiger partial charge on any atom is 0.387 e. The third-order valence-electron chi connectivity index (χ3n) is 3.67. The third kappa shape index (κ3) is 4.24. The summed E-state index contributed by atoms with van der Waals surface area (Å²) in [5, 5.41) is 7.09. The summed E-state index contributed by atoms with van der Waals surface area (Å²) in [6, 6.07) is 17.2. The minimum Gasteiger partial charge on any atom is -0.434 e. The SMILES string of the molecule is Cc1cc(NC(=O)c2ccccc2OC(F)F)n(Cc2ccccc2)n1. The minimum absolute atomic E-state index is 0.0258. The van der Waals surface area contributed by atoms with Crippen LogP contribution in [0.2, 0.25) is 0 Å². The van der Waals surface area contributed by atoms with Crippen molar-refractivity contribution in [1.29, 1.82) is 0 Å². The highest BCUT2D eigenvalue weighted by Crippen LogP contribution is 2.22. The van der Waals surface area contributed by atoms with Crippen LogP contribution in [0.25, 0.3) is 0 Å². The van der Waals surface area contributed by atoms with Gasteiger partial charge >= 0.3 is 6.61 Å². The quantitative estimate of drug-likeness (QED) is 0.723. The number of alkyl halides is 2. The fraction of sp³-hybridized carbons (Fsp3) is 0.158. The molecule has 1 aromatic heterocycles. The standard InChI is InChI=1S/C19H17F2N3O2/c1-13-11-17(24(23-13)12-14-7-3-2-4-8-14)22-18(25)15-9-5-6-10-16(15)26-19(20)21/h2-11,19H,12H2,1H3,(H,22,25). The van der Waals surface area contributed by atoms with Crippen LogP contribution < -0.4 is 10.1 Å². The van der Waals surface area contributed by atoms with Crippen molar-refractivity contribution >= 4 is 11.7 Å². The molecule has 0 aliphatic rings. The van der Waals surface area contributed by atoms with Gasteiger partial charge in [-0.2, -0.15) is 13.9 Å². The number of anilines is 1. The van der Waals surface area contributed by atoms with Gasteiger partial charge in [0.1, 0.15) is 11.6 Å². The topological polar surface area (TPSA) is 56.1 Å². The molecule has 26 heavy (non-hydrogen) atoms. The number of ether oxygens (including phenoxy) is 1. The van der Waals surface area contributed by atoms with E-state index in [0.29, 0.717) is 12.4 Å². The lowest BCUT2D eigenvalue weighted by molar-refractivity contribution is -0.0501. The summed E-state index contributed by atoms with van der Waals surface area (Å²) < 4.78 is 31.1. The number of hydrogen-bond donors (Lipinski definition) is 1. The van der Waals surface area contributed by atoms with Crippen molar-refractivity contribution in [2.45, 2.75) is 20.1 Å². The highest BCUT2D eigenvalue weighted by Gasteiger charge is 2.17. The van der Waals surface area contributed by atoms with Crippen molar-refractivity contribution in [2.75, 3.05) is 5.32 Å². The number of carbonyl (C=O) groups excluding carboxylic acids is 1. The molecule has 0 radical (unpaired) electrons. The molecule has 1 heterocycles. The molecule has 134 valence electrons. The zero-order valence-corrected chi connectivity index (χ0v) is 14.0. The van der Waals surface area contributed by atoms with E-state index in [1.807, 2.05) is 37.3 Å². The number of aryl methyl sites for hydroxylation is 1. The number of amides is 1. The second kappa shape index (κ2) is 7.77. The molecule has 0 saturated carbocycles. The molecule has 0 unspecified atom stereocenters. The van der Waals surface area contributed by atoms with Crippen LogP contribution >= 0.6 is 0 Å². The zero-order valence-electron chi connectivity index (χ0n) is 14.0. The first-order chi connectivity index (χ1) is 12.5. The largest absolute Gasteiger partial charge is 0.434 e. The molecule has 3 rings (SSSR count). The predicted molar refractivity (Wildman–Crippen MR) is 93.5 cm³/mol. The number of carbonyl (C=O) groups is 1. The van der Waals surface area contributed by atoms with Crippen molar-refractivity contribution < 1.29 is 18.3 Å². The van der Waals surface area contributed by atoms with Gasteiger partial charge in [-0.1, -0.05) is 42.5 Å². The van der Waals surface area contributed by atoms with E-state index >= 15 is 0 Å². The molecule has 5 nitrogen and oxygen atoms in total. The maximum atomic E-state index is 12.6. The van der Waals surface area contributed by atoms with Gasteiger partial charge in [-0.3, -0.25) is 4.79 Å². The van der Waals surface area contributed by atoms with Crippen LogP contribution in [0, 0.1) is 6.92 Å². The summed E-state index contributed by atoms with van der Waals surface area (Å²) in [4.78, 5) is 12.6. The van der Waals surface area contributed by atoms with E-state index < -0.39 is 12.5 Å². The Morgan fingerprint density at radius 1 is 1.15 bits per heavy atom. The number of para-hydroxylation sites is 1. The summed E-state index contributed by atoms with van der Waals surface area (Å²) in [7, 11) is 0. The first-order valence-electron chi connectivity index (χ1n) is 7.96. The number of nitrogens with one attached hydrogen (secondary N) is 1. The summed E-state index contributed by atoms with van der Waals surface area (Å²) in [5.41, 5.74) is 1.78. The van der Waals surface area contributed by atoms with Gasteiger partial charge in [0.25, 0.3) is 5.91 Å². The van der Waals surface area contributed by atoms with E-state index in [0.717, 1.165) is 11.3 Å². The molecule has 3 aromatic rings. The van der Waals surface area contributed by atoms with Gasteiger partial charge in [-0.25, -0.2) is 4.68 Å². The molecule has 1 amide bonds. The summed E-state index contributed by atoms with van der Waals surface area (Å²) in [6.45, 7) is -0.723. The first-order valence-corrected chi connectivity index (χ1v) is 7.96. The van der Waals surface area contributed by atoms with E-state index in [4.69, 9.17) is 0 Å². The summed E-state index contributed by atoms with van der Waals surface area (Å²) in [6.07, 6.45) is 0. The second-order valence-electron chi connectivity index (χ2n) is 5.64. The minimum atomic E-state index is -3.00. The van der Waals surface area contributed by atoms with Crippen molar-refractivity contribution in [1.82, 2.24) is 9.78 Å². The van der Waals surface area contributed by atoms with E-state index in [9.17, 15) is 13.6 Å². The van der Waals surface area contributed by atoms with E-state index in [1.54, 1.807) is 16.8 Å². The van der Waals surface area contributed by atoms with Crippen LogP contribution in [0.3, 0.4) is 0 Å². The molecule has 0 aliphatic heterocycles. The average Bonchev–Trinajstić information content (AvgIpc) is 2.94. The van der Waals surface area contributed by atoms with Gasteiger partial charge in [0.15, 0.2) is 0 Å². The molecule has 0 aliphatic carbocycles. The Morgan fingerprint density at radius 3 is 2.58 bits per heavy atom. The molecule has 7 heteroatoms. The number of benzene rings is 2. The number of nitrogens with zero attached hydrogens (tertiary/aromatic N) is 2. The highest BCUT2D eigenvalue weighted by atomic mass is 19.3. The van der Waals surface area contributed by atoms with Gasteiger partial charge in [-0.15, -0.1) is 0 Å². The molecule has 0 saturated heterocycles. The fourth-order valence-electron chi connectivity index (χ4n) is 2.56. The Morgan fingerprint density at radius 2 is 1.85 bits per heavy atom. The van der Waals surface area contributed by atoms with Gasteiger partial charge in [0.2, 0.25) is 0 Å². The lowest BCUT2D eigenvalue weighted by Gasteiger charge is -2.12. The van der Waals surface area contributed by atoms with E-state index in [2.05, 4.69) is 15.2 Å². The Labute approximate surface area is 149 Å². The van der Waals surface area contributed by atoms with Crippen LogP contribution in [-0.4, -0.2) is 22.3 Å². The molecule has 0 atom stereocenters. The number of halogens is 2. The van der Waals surface area contributed by atoms with Gasteiger partial charge in [0, 0.05) is 6.07 Å². The predicted octanol–water partition coefficient (Wildman–Crippen LogP) is 4.09. The molecular weight excluding hydrogens is 340 g/mol. The normalized spacial score (nSPS) is 10.8. The zero-order chi connectivity index (χ0) is 18.5. The van der Waals surface area contributed by atoms with Gasteiger partial charge in [0.05, 0.1) is 17.8 Å². The van der Waals surface area contributed by atoms with Gasteiger partial charge < -0.3 is 10.1 Å². The Bertz CT molecular complexity index is 895. The highest BCUT2D eigenvalue weighted by molar-refractivity contribution is 6.05. The van der Waals surface area contributed by atoms with Crippen LogP contribution in [0.15, 0.2) is 60.7 Å². The lowest BCUT2D eigenvalue weighted by Crippen LogP contribution is -2.18. The maximum absolute atomic E-state index is 12.6.